The van der Waals surface area contributed by atoms with Crippen molar-refractivity contribution >= 4 is 27.6 Å². The Bertz CT molecular complexity index is 626. The number of hydrogen-bond acceptors (Lipinski definition) is 1. The fourth-order valence-electron chi connectivity index (χ4n) is 1.95. The highest BCUT2D eigenvalue weighted by Gasteiger charge is 2.04. The Morgan fingerprint density at radius 2 is 1.95 bits per heavy atom. The molecular weight excluding hydrogens is 316 g/mol. The number of rotatable bonds is 3. The van der Waals surface area contributed by atoms with Crippen LogP contribution in [0.5, 0.6) is 0 Å². The van der Waals surface area contributed by atoms with Crippen LogP contribution >= 0.6 is 15.9 Å². The molecule has 20 heavy (non-hydrogen) atoms. The minimum atomic E-state index is -0.197. The van der Waals surface area contributed by atoms with E-state index in [0.717, 1.165) is 21.3 Å². The fourth-order valence-corrected chi connectivity index (χ4v) is 2.40. The summed E-state index contributed by atoms with van der Waals surface area (Å²) in [4.78, 5) is 11.9. The molecule has 0 saturated carbocycles. The summed E-state index contributed by atoms with van der Waals surface area (Å²) in [6.45, 7) is 4.51. The average molecular weight is 333 g/mol. The van der Waals surface area contributed by atoms with E-state index in [2.05, 4.69) is 26.6 Å². The summed E-state index contributed by atoms with van der Waals surface area (Å²) in [7, 11) is 0. The summed E-state index contributed by atoms with van der Waals surface area (Å²) < 4.78 is 1.01. The monoisotopic (exact) mass is 332 g/mol. The number of nitrogens with one attached hydrogen (secondary N) is 2. The van der Waals surface area contributed by atoms with Gasteiger partial charge in [-0.1, -0.05) is 45.8 Å². The molecule has 0 fully saturated rings. The van der Waals surface area contributed by atoms with Gasteiger partial charge in [0.2, 0.25) is 0 Å². The van der Waals surface area contributed by atoms with Crippen LogP contribution in [0.25, 0.3) is 0 Å². The third-order valence-electron chi connectivity index (χ3n) is 2.97. The number of amides is 2. The van der Waals surface area contributed by atoms with Crippen molar-refractivity contribution in [2.24, 2.45) is 0 Å². The molecule has 2 N–H and O–H groups in total. The van der Waals surface area contributed by atoms with Crippen molar-refractivity contribution in [2.45, 2.75) is 20.4 Å². The molecule has 0 radical (unpaired) electrons. The van der Waals surface area contributed by atoms with E-state index in [4.69, 9.17) is 0 Å². The van der Waals surface area contributed by atoms with Crippen molar-refractivity contribution in [2.75, 3.05) is 5.32 Å². The predicted molar refractivity (Wildman–Crippen MR) is 85.9 cm³/mol. The molecule has 0 aromatic heterocycles. The Kier molecular flexibility index (Phi) is 4.79. The summed E-state index contributed by atoms with van der Waals surface area (Å²) in [5, 5.41) is 5.71. The molecule has 0 aliphatic carbocycles. The van der Waals surface area contributed by atoms with Gasteiger partial charge in [-0.25, -0.2) is 4.79 Å². The molecule has 4 heteroatoms. The predicted octanol–water partition coefficient (Wildman–Crippen LogP) is 4.39. The van der Waals surface area contributed by atoms with Crippen LogP contribution in [-0.4, -0.2) is 6.03 Å². The molecule has 0 saturated heterocycles. The van der Waals surface area contributed by atoms with Gasteiger partial charge in [-0.2, -0.15) is 0 Å². The summed E-state index contributed by atoms with van der Waals surface area (Å²) in [6.07, 6.45) is 0. The van der Waals surface area contributed by atoms with Gasteiger partial charge in [0, 0.05) is 16.7 Å². The second-order valence-corrected chi connectivity index (χ2v) is 5.67. The van der Waals surface area contributed by atoms with Gasteiger partial charge in [0.25, 0.3) is 0 Å². The van der Waals surface area contributed by atoms with E-state index in [9.17, 15) is 4.79 Å². The molecule has 104 valence electrons. The largest absolute Gasteiger partial charge is 0.334 e. The van der Waals surface area contributed by atoms with Gasteiger partial charge >= 0.3 is 6.03 Å². The third kappa shape index (κ3) is 4.10. The summed E-state index contributed by atoms with van der Waals surface area (Å²) in [6, 6.07) is 13.6. The van der Waals surface area contributed by atoms with E-state index in [1.165, 1.54) is 5.56 Å². The molecule has 0 bridgehead atoms. The van der Waals surface area contributed by atoms with Crippen molar-refractivity contribution in [3.05, 3.63) is 63.6 Å². The smallest absolute Gasteiger partial charge is 0.319 e. The second-order valence-electron chi connectivity index (χ2n) is 4.76. The van der Waals surface area contributed by atoms with Gasteiger partial charge in [0.05, 0.1) is 0 Å². The standard InChI is InChI=1S/C16H17BrN2O/c1-11-6-7-15(12(2)8-11)19-16(20)18-10-13-4-3-5-14(17)9-13/h3-9H,10H2,1-2H3,(H2,18,19,20). The lowest BCUT2D eigenvalue weighted by Gasteiger charge is -2.10. The van der Waals surface area contributed by atoms with Crippen LogP contribution in [0, 0.1) is 13.8 Å². The molecule has 0 aliphatic heterocycles. The first-order valence-corrected chi connectivity index (χ1v) is 7.20. The summed E-state index contributed by atoms with van der Waals surface area (Å²) >= 11 is 3.41. The lowest BCUT2D eigenvalue weighted by atomic mass is 10.1. The van der Waals surface area contributed by atoms with E-state index < -0.39 is 0 Å². The molecule has 2 rings (SSSR count). The quantitative estimate of drug-likeness (QED) is 0.859. The molecule has 0 spiro atoms. The van der Waals surface area contributed by atoms with Crippen LogP contribution < -0.4 is 10.6 Å². The fraction of sp³-hybridized carbons (Fsp3) is 0.188. The number of anilines is 1. The van der Waals surface area contributed by atoms with Crippen LogP contribution in [0.2, 0.25) is 0 Å². The molecule has 0 heterocycles. The molecule has 2 aromatic rings. The number of carbonyl (C=O) groups is 1. The van der Waals surface area contributed by atoms with Crippen molar-refractivity contribution in [1.82, 2.24) is 5.32 Å². The molecule has 3 nitrogen and oxygen atoms in total. The minimum absolute atomic E-state index is 0.197. The Labute approximate surface area is 127 Å². The maximum absolute atomic E-state index is 11.9. The van der Waals surface area contributed by atoms with Crippen LogP contribution in [0.15, 0.2) is 46.9 Å². The summed E-state index contributed by atoms with van der Waals surface area (Å²) in [5.74, 6) is 0. The third-order valence-corrected chi connectivity index (χ3v) is 3.47. The van der Waals surface area contributed by atoms with Crippen LogP contribution in [0.1, 0.15) is 16.7 Å². The van der Waals surface area contributed by atoms with Gasteiger partial charge < -0.3 is 10.6 Å². The minimum Gasteiger partial charge on any atom is -0.334 e. The molecule has 2 amide bonds. The van der Waals surface area contributed by atoms with Gasteiger partial charge in [-0.05, 0) is 43.2 Å². The number of hydrogen-bond donors (Lipinski definition) is 2. The number of aryl methyl sites for hydroxylation is 2. The SMILES string of the molecule is Cc1ccc(NC(=O)NCc2cccc(Br)c2)c(C)c1. The summed E-state index contributed by atoms with van der Waals surface area (Å²) in [5.41, 5.74) is 4.13. The van der Waals surface area contributed by atoms with Crippen molar-refractivity contribution in [3.63, 3.8) is 0 Å². The lowest BCUT2D eigenvalue weighted by Crippen LogP contribution is -2.28. The second kappa shape index (κ2) is 6.57. The first-order valence-electron chi connectivity index (χ1n) is 6.41. The molecule has 0 aliphatic rings. The molecule has 2 aromatic carbocycles. The van der Waals surface area contributed by atoms with Gasteiger partial charge in [-0.15, -0.1) is 0 Å². The van der Waals surface area contributed by atoms with Crippen LogP contribution in [0.3, 0.4) is 0 Å². The highest BCUT2D eigenvalue weighted by Crippen LogP contribution is 2.16. The first kappa shape index (κ1) is 14.6. The number of urea groups is 1. The first-order chi connectivity index (χ1) is 9.54. The van der Waals surface area contributed by atoms with Crippen molar-refractivity contribution in [1.29, 1.82) is 0 Å². The maximum Gasteiger partial charge on any atom is 0.319 e. The maximum atomic E-state index is 11.9. The van der Waals surface area contributed by atoms with Gasteiger partial charge in [0.1, 0.15) is 0 Å². The highest BCUT2D eigenvalue weighted by molar-refractivity contribution is 9.10. The molecule has 0 atom stereocenters. The zero-order valence-corrected chi connectivity index (χ0v) is 13.1. The van der Waals surface area contributed by atoms with E-state index in [1.54, 1.807) is 0 Å². The van der Waals surface area contributed by atoms with E-state index in [1.807, 2.05) is 56.3 Å². The van der Waals surface area contributed by atoms with Gasteiger partial charge in [0.15, 0.2) is 0 Å². The van der Waals surface area contributed by atoms with Gasteiger partial charge in [-0.3, -0.25) is 0 Å². The number of benzene rings is 2. The van der Waals surface area contributed by atoms with Crippen LogP contribution in [-0.2, 0) is 6.54 Å². The zero-order chi connectivity index (χ0) is 14.5. The Morgan fingerprint density at radius 3 is 2.65 bits per heavy atom. The highest BCUT2D eigenvalue weighted by atomic mass is 79.9. The number of halogens is 1. The molecule has 0 unspecified atom stereocenters. The normalized spacial score (nSPS) is 10.2. The molecular formula is C16H17BrN2O. The zero-order valence-electron chi connectivity index (χ0n) is 11.5. The van der Waals surface area contributed by atoms with Crippen molar-refractivity contribution in [3.8, 4) is 0 Å². The lowest BCUT2D eigenvalue weighted by molar-refractivity contribution is 0.251. The van der Waals surface area contributed by atoms with E-state index >= 15 is 0 Å². The Hall–Kier alpha value is -1.81. The van der Waals surface area contributed by atoms with E-state index in [0.29, 0.717) is 6.54 Å². The Balaban J connectivity index is 1.92. The van der Waals surface area contributed by atoms with Crippen LogP contribution in [0.4, 0.5) is 10.5 Å². The topological polar surface area (TPSA) is 41.1 Å². The Morgan fingerprint density at radius 1 is 1.15 bits per heavy atom. The van der Waals surface area contributed by atoms with E-state index in [-0.39, 0.29) is 6.03 Å². The van der Waals surface area contributed by atoms with Crippen molar-refractivity contribution < 1.29 is 4.79 Å². The number of carbonyl (C=O) groups excluding carboxylic acids is 1. The average Bonchev–Trinajstić information content (AvgIpc) is 2.40.